The Morgan fingerprint density at radius 2 is 1.84 bits per heavy atom. The molecule has 1 aromatic carbocycles. The third kappa shape index (κ3) is 6.02. The van der Waals surface area contributed by atoms with E-state index in [0.717, 1.165) is 38.8 Å². The summed E-state index contributed by atoms with van der Waals surface area (Å²) in [5, 5.41) is 12.2. The lowest BCUT2D eigenvalue weighted by molar-refractivity contribution is -0.138. The molecule has 0 radical (unpaired) electrons. The fourth-order valence-electron chi connectivity index (χ4n) is 2.88. The van der Waals surface area contributed by atoms with Crippen LogP contribution in [0.25, 0.3) is 0 Å². The molecule has 1 aliphatic rings. The normalized spacial score (nSPS) is 18.3. The van der Waals surface area contributed by atoms with Crippen LogP contribution in [-0.2, 0) is 12.7 Å². The Kier molecular flexibility index (Phi) is 7.37. The summed E-state index contributed by atoms with van der Waals surface area (Å²) < 4.78 is 40.3. The first-order valence-corrected chi connectivity index (χ1v) is 8.99. The Morgan fingerprint density at radius 1 is 1.20 bits per heavy atom. The number of anilines is 1. The zero-order chi connectivity index (χ0) is 18.4. The molecule has 2 rings (SSSR count). The molecule has 1 fully saturated rings. The summed E-state index contributed by atoms with van der Waals surface area (Å²) >= 11 is 5.50. The molecule has 1 atom stereocenters. The first-order valence-electron chi connectivity index (χ1n) is 8.46. The maximum absolute atomic E-state index is 13.4. The number of aliphatic hydroxyl groups is 1. The van der Waals surface area contributed by atoms with Crippen molar-refractivity contribution in [1.82, 2.24) is 9.80 Å². The van der Waals surface area contributed by atoms with Gasteiger partial charge >= 0.3 is 6.18 Å². The van der Waals surface area contributed by atoms with Gasteiger partial charge in [0, 0.05) is 45.0 Å². The number of nitrogens with one attached hydrogen (secondary N) is 1. The zero-order valence-corrected chi connectivity index (χ0v) is 15.1. The number of aliphatic hydroxyl groups excluding tert-OH is 1. The maximum atomic E-state index is 13.4. The Balaban J connectivity index is 2.09. The molecule has 1 unspecified atom stereocenters. The quantitative estimate of drug-likeness (QED) is 0.715. The highest BCUT2D eigenvalue weighted by molar-refractivity contribution is 6.18. The third-order valence-corrected chi connectivity index (χ3v) is 4.80. The predicted octanol–water partition coefficient (Wildman–Crippen LogP) is 2.85. The molecule has 1 saturated heterocycles. The van der Waals surface area contributed by atoms with Crippen LogP contribution in [0.2, 0.25) is 0 Å². The highest BCUT2D eigenvalue weighted by Gasteiger charge is 2.34. The van der Waals surface area contributed by atoms with Crippen molar-refractivity contribution in [3.8, 4) is 0 Å². The standard InChI is InChI=1S/C17H25ClF3N3O/c1-2-23-5-7-24(8-6-23)12-13-3-4-14(22-11-15(25)10-18)9-16(13)17(19,20)21/h3-4,9,15,22,25H,2,5-8,10-12H2,1H3. The van der Waals surface area contributed by atoms with Crippen molar-refractivity contribution >= 4 is 17.3 Å². The molecule has 142 valence electrons. The summed E-state index contributed by atoms with van der Waals surface area (Å²) in [6.07, 6.45) is -5.21. The molecule has 1 aliphatic heterocycles. The lowest BCUT2D eigenvalue weighted by Crippen LogP contribution is -2.45. The fourth-order valence-corrected chi connectivity index (χ4v) is 2.99. The van der Waals surface area contributed by atoms with Crippen LogP contribution < -0.4 is 5.32 Å². The highest BCUT2D eigenvalue weighted by Crippen LogP contribution is 2.34. The Labute approximate surface area is 151 Å². The second-order valence-corrected chi connectivity index (χ2v) is 6.58. The number of hydrogen-bond donors (Lipinski definition) is 2. The SMILES string of the molecule is CCN1CCN(Cc2ccc(NCC(O)CCl)cc2C(F)(F)F)CC1. The summed E-state index contributed by atoms with van der Waals surface area (Å²) in [6, 6.07) is 4.25. The van der Waals surface area contributed by atoms with Gasteiger partial charge in [-0.25, -0.2) is 0 Å². The van der Waals surface area contributed by atoms with Crippen LogP contribution in [0.5, 0.6) is 0 Å². The molecule has 2 N–H and O–H groups in total. The maximum Gasteiger partial charge on any atom is 0.416 e. The minimum Gasteiger partial charge on any atom is -0.390 e. The van der Waals surface area contributed by atoms with Crippen molar-refractivity contribution in [1.29, 1.82) is 0 Å². The van der Waals surface area contributed by atoms with E-state index in [9.17, 15) is 18.3 Å². The van der Waals surface area contributed by atoms with Gasteiger partial charge in [0.2, 0.25) is 0 Å². The average molecular weight is 380 g/mol. The molecule has 8 heteroatoms. The van der Waals surface area contributed by atoms with Crippen LogP contribution in [-0.4, -0.2) is 66.2 Å². The Bertz CT molecular complexity index is 548. The van der Waals surface area contributed by atoms with Gasteiger partial charge in [0.1, 0.15) is 0 Å². The molecule has 25 heavy (non-hydrogen) atoms. The van der Waals surface area contributed by atoms with Crippen LogP contribution in [0.15, 0.2) is 18.2 Å². The van der Waals surface area contributed by atoms with Gasteiger partial charge in [-0.05, 0) is 24.2 Å². The van der Waals surface area contributed by atoms with E-state index in [2.05, 4.69) is 22.0 Å². The van der Waals surface area contributed by atoms with Gasteiger partial charge in [-0.3, -0.25) is 4.90 Å². The van der Waals surface area contributed by atoms with E-state index in [1.807, 2.05) is 0 Å². The summed E-state index contributed by atoms with van der Waals surface area (Å²) in [5.41, 5.74) is -0.0206. The van der Waals surface area contributed by atoms with Gasteiger partial charge in [0.05, 0.1) is 17.5 Å². The van der Waals surface area contributed by atoms with Gasteiger partial charge < -0.3 is 15.3 Å². The van der Waals surface area contributed by atoms with Crippen molar-refractivity contribution in [3.05, 3.63) is 29.3 Å². The van der Waals surface area contributed by atoms with Crippen molar-refractivity contribution in [2.75, 3.05) is 50.5 Å². The van der Waals surface area contributed by atoms with E-state index in [1.54, 1.807) is 6.07 Å². The molecule has 0 bridgehead atoms. The smallest absolute Gasteiger partial charge is 0.390 e. The second-order valence-electron chi connectivity index (χ2n) is 6.27. The molecule has 4 nitrogen and oxygen atoms in total. The van der Waals surface area contributed by atoms with Gasteiger partial charge in [0.15, 0.2) is 0 Å². The van der Waals surface area contributed by atoms with Crippen LogP contribution >= 0.6 is 11.6 Å². The van der Waals surface area contributed by atoms with Crippen molar-refractivity contribution in [2.45, 2.75) is 25.7 Å². The molecule has 0 aromatic heterocycles. The van der Waals surface area contributed by atoms with E-state index in [-0.39, 0.29) is 24.5 Å². The monoisotopic (exact) mass is 379 g/mol. The lowest BCUT2D eigenvalue weighted by atomic mass is 10.0. The van der Waals surface area contributed by atoms with Crippen LogP contribution in [0.3, 0.4) is 0 Å². The molecular weight excluding hydrogens is 355 g/mol. The van der Waals surface area contributed by atoms with Gasteiger partial charge in [-0.15, -0.1) is 11.6 Å². The van der Waals surface area contributed by atoms with Crippen LogP contribution in [0.4, 0.5) is 18.9 Å². The van der Waals surface area contributed by atoms with Crippen molar-refractivity contribution in [2.24, 2.45) is 0 Å². The second kappa shape index (κ2) is 9.07. The van der Waals surface area contributed by atoms with Gasteiger partial charge in [-0.2, -0.15) is 13.2 Å². The summed E-state index contributed by atoms with van der Waals surface area (Å²) in [4.78, 5) is 4.34. The molecule has 0 amide bonds. The van der Waals surface area contributed by atoms with E-state index in [1.165, 1.54) is 6.07 Å². The number of piperazine rings is 1. The van der Waals surface area contributed by atoms with Gasteiger partial charge in [-0.1, -0.05) is 13.0 Å². The lowest BCUT2D eigenvalue weighted by Gasteiger charge is -2.34. The number of hydrogen-bond acceptors (Lipinski definition) is 4. The third-order valence-electron chi connectivity index (χ3n) is 4.44. The molecule has 1 heterocycles. The highest BCUT2D eigenvalue weighted by atomic mass is 35.5. The first kappa shape index (κ1) is 20.3. The number of benzene rings is 1. The van der Waals surface area contributed by atoms with Crippen molar-refractivity contribution < 1.29 is 18.3 Å². The summed E-state index contributed by atoms with van der Waals surface area (Å²) in [7, 11) is 0. The Hall–Kier alpha value is -1.02. The largest absolute Gasteiger partial charge is 0.416 e. The number of likely N-dealkylation sites (N-methyl/N-ethyl adjacent to an activating group) is 1. The number of rotatable bonds is 7. The summed E-state index contributed by atoms with van der Waals surface area (Å²) in [5.74, 6) is 0.0287. The minimum absolute atomic E-state index is 0.0287. The first-order chi connectivity index (χ1) is 11.8. The fraction of sp³-hybridized carbons (Fsp3) is 0.647. The van der Waals surface area contributed by atoms with E-state index in [0.29, 0.717) is 5.69 Å². The summed E-state index contributed by atoms with van der Waals surface area (Å²) in [6.45, 7) is 6.76. The molecular formula is C17H25ClF3N3O. The van der Waals surface area contributed by atoms with Crippen LogP contribution in [0, 0.1) is 0 Å². The number of nitrogens with zero attached hydrogens (tertiary/aromatic N) is 2. The van der Waals surface area contributed by atoms with E-state index < -0.39 is 17.8 Å². The average Bonchev–Trinajstić information content (AvgIpc) is 2.60. The predicted molar refractivity (Wildman–Crippen MR) is 94.1 cm³/mol. The topological polar surface area (TPSA) is 38.7 Å². The number of alkyl halides is 4. The molecule has 0 spiro atoms. The van der Waals surface area contributed by atoms with Crippen LogP contribution in [0.1, 0.15) is 18.1 Å². The minimum atomic E-state index is -4.41. The molecule has 0 aliphatic carbocycles. The zero-order valence-electron chi connectivity index (χ0n) is 14.3. The molecule has 0 saturated carbocycles. The van der Waals surface area contributed by atoms with Gasteiger partial charge in [0.25, 0.3) is 0 Å². The molecule has 1 aromatic rings. The number of halogens is 4. The Morgan fingerprint density at radius 3 is 2.40 bits per heavy atom. The van der Waals surface area contributed by atoms with E-state index in [4.69, 9.17) is 11.6 Å². The van der Waals surface area contributed by atoms with Crippen molar-refractivity contribution in [3.63, 3.8) is 0 Å². The van der Waals surface area contributed by atoms with E-state index >= 15 is 0 Å².